The van der Waals surface area contributed by atoms with Gasteiger partial charge in [-0.05, 0) is 32.5 Å². The van der Waals surface area contributed by atoms with Crippen LogP contribution >= 0.6 is 11.6 Å². The molecule has 1 unspecified atom stereocenters. The number of aromatic nitrogens is 2. The highest BCUT2D eigenvalue weighted by Crippen LogP contribution is 2.27. The highest BCUT2D eigenvalue weighted by Gasteiger charge is 2.20. The van der Waals surface area contributed by atoms with Crippen LogP contribution in [-0.4, -0.2) is 16.8 Å². The van der Waals surface area contributed by atoms with E-state index in [-0.39, 0.29) is 6.04 Å². The van der Waals surface area contributed by atoms with Crippen molar-refractivity contribution < 1.29 is 4.42 Å². The van der Waals surface area contributed by atoms with Crippen molar-refractivity contribution in [3.63, 3.8) is 0 Å². The first-order valence-corrected chi connectivity index (χ1v) is 6.31. The largest absolute Gasteiger partial charge is 0.467 e. The second-order valence-corrected chi connectivity index (χ2v) is 4.86. The molecule has 1 N–H and O–H groups in total. The lowest BCUT2D eigenvalue weighted by Crippen LogP contribution is -2.20. The van der Waals surface area contributed by atoms with Gasteiger partial charge in [0.05, 0.1) is 28.7 Å². The van der Waals surface area contributed by atoms with Crippen LogP contribution in [0.5, 0.6) is 0 Å². The van der Waals surface area contributed by atoms with E-state index in [4.69, 9.17) is 16.0 Å². The summed E-state index contributed by atoms with van der Waals surface area (Å²) in [5.74, 6) is 0.951. The first-order chi connectivity index (χ1) is 8.54. The minimum atomic E-state index is 0.104. The van der Waals surface area contributed by atoms with Gasteiger partial charge in [-0.15, -0.1) is 0 Å². The highest BCUT2D eigenvalue weighted by molar-refractivity contribution is 6.31. The van der Waals surface area contributed by atoms with Gasteiger partial charge in [0.1, 0.15) is 5.76 Å². The Morgan fingerprint density at radius 1 is 1.50 bits per heavy atom. The van der Waals surface area contributed by atoms with Crippen molar-refractivity contribution in [1.82, 2.24) is 15.1 Å². The molecule has 18 heavy (non-hydrogen) atoms. The van der Waals surface area contributed by atoms with Crippen LogP contribution in [0.4, 0.5) is 0 Å². The minimum absolute atomic E-state index is 0.104. The van der Waals surface area contributed by atoms with Gasteiger partial charge in [-0.3, -0.25) is 4.68 Å². The van der Waals surface area contributed by atoms with E-state index in [1.54, 1.807) is 6.26 Å². The average molecular weight is 268 g/mol. The average Bonchev–Trinajstić information content (AvgIpc) is 2.84. The summed E-state index contributed by atoms with van der Waals surface area (Å²) in [7, 11) is 3.83. The molecular weight excluding hydrogens is 250 g/mol. The third-order valence-corrected chi connectivity index (χ3v) is 3.72. The summed E-state index contributed by atoms with van der Waals surface area (Å²) < 4.78 is 7.37. The van der Waals surface area contributed by atoms with E-state index in [2.05, 4.69) is 10.4 Å². The molecule has 0 spiro atoms. The number of nitrogens with zero attached hydrogens (tertiary/aromatic N) is 2. The summed E-state index contributed by atoms with van der Waals surface area (Å²) in [6.45, 7) is 3.96. The molecule has 0 saturated heterocycles. The van der Waals surface area contributed by atoms with Gasteiger partial charge in [-0.1, -0.05) is 11.6 Å². The van der Waals surface area contributed by atoms with Crippen LogP contribution < -0.4 is 5.32 Å². The summed E-state index contributed by atoms with van der Waals surface area (Å²) in [5.41, 5.74) is 3.02. The Morgan fingerprint density at radius 2 is 2.22 bits per heavy atom. The Bertz CT molecular complexity index is 544. The van der Waals surface area contributed by atoms with Crippen LogP contribution in [0.1, 0.15) is 28.8 Å². The Morgan fingerprint density at radius 3 is 2.67 bits per heavy atom. The van der Waals surface area contributed by atoms with Crippen LogP contribution in [0.3, 0.4) is 0 Å². The van der Waals surface area contributed by atoms with Crippen molar-refractivity contribution >= 4 is 11.6 Å². The lowest BCUT2D eigenvalue weighted by Gasteiger charge is -2.15. The summed E-state index contributed by atoms with van der Waals surface area (Å²) in [5, 5.41) is 8.33. The minimum Gasteiger partial charge on any atom is -0.467 e. The Hall–Kier alpha value is -1.26. The number of aryl methyl sites for hydroxylation is 3. The molecular formula is C13H18ClN3O. The second kappa shape index (κ2) is 5.16. The quantitative estimate of drug-likeness (QED) is 0.926. The zero-order valence-electron chi connectivity index (χ0n) is 11.1. The predicted octanol–water partition coefficient (Wildman–Crippen LogP) is 2.79. The Balaban J connectivity index is 2.29. The van der Waals surface area contributed by atoms with E-state index in [1.807, 2.05) is 38.7 Å². The van der Waals surface area contributed by atoms with Crippen molar-refractivity contribution in [2.24, 2.45) is 7.05 Å². The highest BCUT2D eigenvalue weighted by atomic mass is 35.5. The van der Waals surface area contributed by atoms with Crippen LogP contribution in [0, 0.1) is 13.8 Å². The molecule has 0 saturated carbocycles. The molecule has 2 heterocycles. The normalized spacial score (nSPS) is 12.9. The van der Waals surface area contributed by atoms with E-state index >= 15 is 0 Å². The second-order valence-electron chi connectivity index (χ2n) is 4.48. The molecule has 98 valence electrons. The predicted molar refractivity (Wildman–Crippen MR) is 71.9 cm³/mol. The van der Waals surface area contributed by atoms with Crippen LogP contribution in [0.25, 0.3) is 0 Å². The van der Waals surface area contributed by atoms with Crippen molar-refractivity contribution in [3.05, 3.63) is 40.1 Å². The number of nitrogens with one attached hydrogen (secondary N) is 1. The van der Waals surface area contributed by atoms with Gasteiger partial charge in [-0.25, -0.2) is 0 Å². The van der Waals surface area contributed by atoms with Crippen LogP contribution in [-0.2, 0) is 13.5 Å². The van der Waals surface area contributed by atoms with Gasteiger partial charge >= 0.3 is 0 Å². The first-order valence-electron chi connectivity index (χ1n) is 5.93. The first kappa shape index (κ1) is 13.2. The maximum absolute atomic E-state index is 6.27. The van der Waals surface area contributed by atoms with Gasteiger partial charge in [0, 0.05) is 13.5 Å². The molecule has 0 aliphatic carbocycles. The van der Waals surface area contributed by atoms with Crippen molar-refractivity contribution in [2.45, 2.75) is 26.3 Å². The standard InChI is InChI=1S/C13H18ClN3O/c1-8-5-6-18-13(8)10(15-3)7-11-12(14)9(2)16-17(11)4/h5-6,10,15H,7H2,1-4H3. The van der Waals surface area contributed by atoms with Crippen molar-refractivity contribution in [2.75, 3.05) is 7.05 Å². The molecule has 2 aromatic rings. The molecule has 0 aliphatic heterocycles. The third kappa shape index (κ3) is 2.31. The molecule has 0 bridgehead atoms. The summed E-state index contributed by atoms with van der Waals surface area (Å²) in [6.07, 6.45) is 2.46. The van der Waals surface area contributed by atoms with Crippen molar-refractivity contribution in [3.8, 4) is 0 Å². The fraction of sp³-hybridized carbons (Fsp3) is 0.462. The zero-order valence-corrected chi connectivity index (χ0v) is 11.9. The van der Waals surface area contributed by atoms with E-state index in [9.17, 15) is 0 Å². The number of halogens is 1. The Labute approximate surface area is 112 Å². The van der Waals surface area contributed by atoms with Gasteiger partial charge in [-0.2, -0.15) is 5.10 Å². The Kier molecular flexibility index (Phi) is 3.78. The monoisotopic (exact) mass is 267 g/mol. The fourth-order valence-corrected chi connectivity index (χ4v) is 2.40. The lowest BCUT2D eigenvalue weighted by molar-refractivity contribution is 0.421. The fourth-order valence-electron chi connectivity index (χ4n) is 2.16. The van der Waals surface area contributed by atoms with Crippen LogP contribution in [0.15, 0.2) is 16.7 Å². The number of furan rings is 1. The number of hydrogen-bond acceptors (Lipinski definition) is 3. The summed E-state index contributed by atoms with van der Waals surface area (Å²) >= 11 is 6.27. The van der Waals surface area contributed by atoms with Gasteiger partial charge in [0.15, 0.2) is 0 Å². The number of rotatable bonds is 4. The third-order valence-electron chi connectivity index (χ3n) is 3.23. The summed E-state index contributed by atoms with van der Waals surface area (Å²) in [4.78, 5) is 0. The molecule has 0 radical (unpaired) electrons. The SMILES string of the molecule is CNC(Cc1c(Cl)c(C)nn1C)c1occc1C. The van der Waals surface area contributed by atoms with E-state index in [0.717, 1.165) is 34.2 Å². The lowest BCUT2D eigenvalue weighted by atomic mass is 10.1. The molecule has 0 aromatic carbocycles. The van der Waals surface area contributed by atoms with E-state index in [1.165, 1.54) is 0 Å². The van der Waals surface area contributed by atoms with Gasteiger partial charge < -0.3 is 9.73 Å². The molecule has 2 rings (SSSR count). The number of likely N-dealkylation sites (N-methyl/N-ethyl adjacent to an activating group) is 1. The van der Waals surface area contributed by atoms with E-state index in [0.29, 0.717) is 0 Å². The molecule has 5 heteroatoms. The number of hydrogen-bond donors (Lipinski definition) is 1. The molecule has 0 fully saturated rings. The maximum Gasteiger partial charge on any atom is 0.123 e. The van der Waals surface area contributed by atoms with Gasteiger partial charge in [0.25, 0.3) is 0 Å². The molecule has 2 aromatic heterocycles. The molecule has 1 atom stereocenters. The smallest absolute Gasteiger partial charge is 0.123 e. The van der Waals surface area contributed by atoms with Crippen molar-refractivity contribution in [1.29, 1.82) is 0 Å². The van der Waals surface area contributed by atoms with Crippen LogP contribution in [0.2, 0.25) is 5.02 Å². The van der Waals surface area contributed by atoms with E-state index < -0.39 is 0 Å². The van der Waals surface area contributed by atoms with Gasteiger partial charge in [0.2, 0.25) is 0 Å². The summed E-state index contributed by atoms with van der Waals surface area (Å²) in [6, 6.07) is 2.07. The molecule has 0 amide bonds. The topological polar surface area (TPSA) is 43.0 Å². The zero-order chi connectivity index (χ0) is 13.3. The maximum atomic E-state index is 6.27. The molecule has 4 nitrogen and oxygen atoms in total. The molecule has 0 aliphatic rings.